The van der Waals surface area contributed by atoms with Gasteiger partial charge in [-0.15, -0.1) is 0 Å². The van der Waals surface area contributed by atoms with Crippen molar-refractivity contribution in [2.75, 3.05) is 19.8 Å². The van der Waals surface area contributed by atoms with Crippen LogP contribution >= 0.6 is 0 Å². The molecule has 0 saturated heterocycles. The van der Waals surface area contributed by atoms with Gasteiger partial charge in [-0.25, -0.2) is 0 Å². The number of ether oxygens (including phenoxy) is 1. The van der Waals surface area contributed by atoms with Gasteiger partial charge in [0.15, 0.2) is 0 Å². The first-order valence-electron chi connectivity index (χ1n) is 4.55. The molecule has 1 saturated carbocycles. The molecule has 1 N–H and O–H groups in total. The molecule has 1 aliphatic rings. The molecule has 0 aromatic carbocycles. The monoisotopic (exact) mass is 158 g/mol. The molecule has 0 aromatic rings. The van der Waals surface area contributed by atoms with Gasteiger partial charge in [0.25, 0.3) is 0 Å². The molecule has 1 rings (SSSR count). The smallest absolute Gasteiger partial charge is 0.0516 e. The topological polar surface area (TPSA) is 29.5 Å². The Morgan fingerprint density at radius 2 is 2.27 bits per heavy atom. The van der Waals surface area contributed by atoms with Crippen LogP contribution in [-0.4, -0.2) is 24.9 Å². The fourth-order valence-electron chi connectivity index (χ4n) is 0.986. The molecule has 1 atom stereocenters. The summed E-state index contributed by atoms with van der Waals surface area (Å²) < 4.78 is 5.44. The summed E-state index contributed by atoms with van der Waals surface area (Å²) >= 11 is 0. The van der Waals surface area contributed by atoms with Crippen molar-refractivity contribution in [3.8, 4) is 0 Å². The Hall–Kier alpha value is -0.0800. The molecule has 1 fully saturated rings. The van der Waals surface area contributed by atoms with Crippen molar-refractivity contribution in [3.05, 3.63) is 0 Å². The second-order valence-corrected chi connectivity index (χ2v) is 3.44. The standard InChI is InChI=1S/C9H18O2/c1-2-8(5-10)6-11-7-9-3-4-9/h8-10H,2-7H2,1H3. The van der Waals surface area contributed by atoms with Crippen LogP contribution in [0.1, 0.15) is 26.2 Å². The lowest BCUT2D eigenvalue weighted by Crippen LogP contribution is -2.13. The minimum absolute atomic E-state index is 0.265. The van der Waals surface area contributed by atoms with Crippen molar-refractivity contribution in [1.29, 1.82) is 0 Å². The van der Waals surface area contributed by atoms with Gasteiger partial charge >= 0.3 is 0 Å². The van der Waals surface area contributed by atoms with Crippen LogP contribution in [0.5, 0.6) is 0 Å². The van der Waals surface area contributed by atoms with Crippen molar-refractivity contribution >= 4 is 0 Å². The summed E-state index contributed by atoms with van der Waals surface area (Å²) in [6.07, 6.45) is 3.70. The van der Waals surface area contributed by atoms with Gasteiger partial charge in [0.2, 0.25) is 0 Å². The van der Waals surface area contributed by atoms with E-state index in [0.717, 1.165) is 25.6 Å². The van der Waals surface area contributed by atoms with E-state index in [0.29, 0.717) is 5.92 Å². The van der Waals surface area contributed by atoms with Crippen LogP contribution in [0.3, 0.4) is 0 Å². The molecule has 2 nitrogen and oxygen atoms in total. The van der Waals surface area contributed by atoms with Crippen LogP contribution in [0, 0.1) is 11.8 Å². The fraction of sp³-hybridized carbons (Fsp3) is 1.00. The van der Waals surface area contributed by atoms with Crippen molar-refractivity contribution < 1.29 is 9.84 Å². The van der Waals surface area contributed by atoms with Gasteiger partial charge in [0, 0.05) is 19.1 Å². The first kappa shape index (κ1) is 9.01. The van der Waals surface area contributed by atoms with Gasteiger partial charge in [-0.1, -0.05) is 6.92 Å². The van der Waals surface area contributed by atoms with Crippen molar-refractivity contribution in [2.24, 2.45) is 11.8 Å². The first-order valence-corrected chi connectivity index (χ1v) is 4.55. The molecule has 0 heterocycles. The van der Waals surface area contributed by atoms with E-state index in [9.17, 15) is 0 Å². The largest absolute Gasteiger partial charge is 0.396 e. The Labute approximate surface area is 68.6 Å². The SMILES string of the molecule is CCC(CO)COCC1CC1. The first-order chi connectivity index (χ1) is 5.36. The van der Waals surface area contributed by atoms with Gasteiger partial charge in [-0.3, -0.25) is 0 Å². The van der Waals surface area contributed by atoms with E-state index in [4.69, 9.17) is 9.84 Å². The number of aliphatic hydroxyl groups is 1. The minimum atomic E-state index is 0.265. The Morgan fingerprint density at radius 3 is 2.73 bits per heavy atom. The van der Waals surface area contributed by atoms with E-state index in [1.807, 2.05) is 0 Å². The normalized spacial score (nSPS) is 20.2. The van der Waals surface area contributed by atoms with E-state index in [1.54, 1.807) is 0 Å². The van der Waals surface area contributed by atoms with Gasteiger partial charge in [0.05, 0.1) is 6.61 Å². The van der Waals surface area contributed by atoms with Crippen LogP contribution in [-0.2, 0) is 4.74 Å². The second kappa shape index (κ2) is 4.73. The molecule has 0 radical (unpaired) electrons. The highest BCUT2D eigenvalue weighted by molar-refractivity contribution is 4.72. The summed E-state index contributed by atoms with van der Waals surface area (Å²) in [6.45, 7) is 4.00. The van der Waals surface area contributed by atoms with Crippen LogP contribution in [0.25, 0.3) is 0 Å². The molecule has 1 aliphatic carbocycles. The molecule has 1 unspecified atom stereocenters. The zero-order valence-electron chi connectivity index (χ0n) is 7.25. The summed E-state index contributed by atoms with van der Waals surface area (Å²) in [6, 6.07) is 0. The lowest BCUT2D eigenvalue weighted by atomic mass is 10.1. The third kappa shape index (κ3) is 3.73. The molecule has 11 heavy (non-hydrogen) atoms. The van der Waals surface area contributed by atoms with Gasteiger partial charge in [-0.2, -0.15) is 0 Å². The summed E-state index contributed by atoms with van der Waals surface area (Å²) in [5.74, 6) is 1.19. The Balaban J connectivity index is 1.90. The van der Waals surface area contributed by atoms with Crippen molar-refractivity contribution in [2.45, 2.75) is 26.2 Å². The van der Waals surface area contributed by atoms with E-state index >= 15 is 0 Å². The highest BCUT2D eigenvalue weighted by atomic mass is 16.5. The molecule has 0 bridgehead atoms. The van der Waals surface area contributed by atoms with Gasteiger partial charge < -0.3 is 9.84 Å². The fourth-order valence-corrected chi connectivity index (χ4v) is 0.986. The number of aliphatic hydroxyl groups excluding tert-OH is 1. The maximum absolute atomic E-state index is 8.83. The van der Waals surface area contributed by atoms with Gasteiger partial charge in [-0.05, 0) is 25.2 Å². The maximum Gasteiger partial charge on any atom is 0.0516 e. The number of rotatable bonds is 6. The highest BCUT2D eigenvalue weighted by Gasteiger charge is 2.21. The number of hydrogen-bond acceptors (Lipinski definition) is 2. The molecular weight excluding hydrogens is 140 g/mol. The average molecular weight is 158 g/mol. The zero-order valence-corrected chi connectivity index (χ0v) is 7.25. The summed E-state index contributed by atoms with van der Waals surface area (Å²) in [5.41, 5.74) is 0. The molecule has 2 heteroatoms. The third-order valence-electron chi connectivity index (χ3n) is 2.24. The summed E-state index contributed by atoms with van der Waals surface area (Å²) in [4.78, 5) is 0. The summed E-state index contributed by atoms with van der Waals surface area (Å²) in [7, 11) is 0. The average Bonchev–Trinajstić information content (AvgIpc) is 2.82. The van der Waals surface area contributed by atoms with Crippen LogP contribution in [0.2, 0.25) is 0 Å². The molecule has 66 valence electrons. The van der Waals surface area contributed by atoms with E-state index in [-0.39, 0.29) is 6.61 Å². The second-order valence-electron chi connectivity index (χ2n) is 3.44. The Kier molecular flexibility index (Phi) is 3.87. The molecule has 0 spiro atoms. The van der Waals surface area contributed by atoms with E-state index < -0.39 is 0 Å². The molecular formula is C9H18O2. The lowest BCUT2D eigenvalue weighted by Gasteiger charge is -2.11. The minimum Gasteiger partial charge on any atom is -0.396 e. The van der Waals surface area contributed by atoms with Gasteiger partial charge in [0.1, 0.15) is 0 Å². The Morgan fingerprint density at radius 1 is 1.55 bits per heavy atom. The molecule has 0 aliphatic heterocycles. The van der Waals surface area contributed by atoms with E-state index in [1.165, 1.54) is 12.8 Å². The zero-order chi connectivity index (χ0) is 8.10. The predicted octanol–water partition coefficient (Wildman–Crippen LogP) is 1.43. The molecule has 0 amide bonds. The van der Waals surface area contributed by atoms with Crippen LogP contribution < -0.4 is 0 Å². The third-order valence-corrected chi connectivity index (χ3v) is 2.24. The number of hydrogen-bond donors (Lipinski definition) is 1. The van der Waals surface area contributed by atoms with Crippen molar-refractivity contribution in [3.63, 3.8) is 0 Å². The predicted molar refractivity (Wildman–Crippen MR) is 44.4 cm³/mol. The Bertz CT molecular complexity index is 95.7. The highest BCUT2D eigenvalue weighted by Crippen LogP contribution is 2.28. The lowest BCUT2D eigenvalue weighted by molar-refractivity contribution is 0.0654. The quantitative estimate of drug-likeness (QED) is 0.633. The van der Waals surface area contributed by atoms with Crippen molar-refractivity contribution in [1.82, 2.24) is 0 Å². The maximum atomic E-state index is 8.83. The molecule has 0 aromatic heterocycles. The summed E-state index contributed by atoms with van der Waals surface area (Å²) in [5, 5.41) is 8.83. The van der Waals surface area contributed by atoms with Crippen LogP contribution in [0.4, 0.5) is 0 Å². The van der Waals surface area contributed by atoms with Crippen LogP contribution in [0.15, 0.2) is 0 Å². The van der Waals surface area contributed by atoms with E-state index in [2.05, 4.69) is 6.92 Å².